The Morgan fingerprint density at radius 3 is 2.44 bits per heavy atom. The second-order valence-corrected chi connectivity index (χ2v) is 7.12. The SMILES string of the molecule is CCC(Oc1cccc(Cl)c1)C(=O)NCCCc1cccc(OC(C)C)c1. The van der Waals surface area contributed by atoms with Gasteiger partial charge in [0.2, 0.25) is 0 Å². The van der Waals surface area contributed by atoms with Crippen molar-refractivity contribution in [2.45, 2.75) is 52.2 Å². The lowest BCUT2D eigenvalue weighted by Crippen LogP contribution is -2.38. The fourth-order valence-electron chi connectivity index (χ4n) is 2.69. The first-order chi connectivity index (χ1) is 13.0. The molecule has 0 aliphatic rings. The number of aryl methyl sites for hydroxylation is 1. The van der Waals surface area contributed by atoms with Crippen molar-refractivity contribution in [1.82, 2.24) is 5.32 Å². The molecule has 0 saturated heterocycles. The van der Waals surface area contributed by atoms with E-state index < -0.39 is 6.10 Å². The summed E-state index contributed by atoms with van der Waals surface area (Å²) < 4.78 is 11.5. The highest BCUT2D eigenvalue weighted by Crippen LogP contribution is 2.19. The van der Waals surface area contributed by atoms with Crippen molar-refractivity contribution >= 4 is 17.5 Å². The molecule has 27 heavy (non-hydrogen) atoms. The maximum Gasteiger partial charge on any atom is 0.261 e. The van der Waals surface area contributed by atoms with Crippen LogP contribution in [0.4, 0.5) is 0 Å². The van der Waals surface area contributed by atoms with E-state index >= 15 is 0 Å². The number of halogens is 1. The quantitative estimate of drug-likeness (QED) is 0.579. The van der Waals surface area contributed by atoms with E-state index in [9.17, 15) is 4.79 Å². The molecule has 146 valence electrons. The van der Waals surface area contributed by atoms with Gasteiger partial charge in [-0.25, -0.2) is 0 Å². The molecule has 0 aliphatic carbocycles. The van der Waals surface area contributed by atoms with Gasteiger partial charge in [0, 0.05) is 11.6 Å². The molecule has 5 heteroatoms. The number of rotatable bonds is 10. The zero-order valence-electron chi connectivity index (χ0n) is 16.2. The lowest BCUT2D eigenvalue weighted by Gasteiger charge is -2.17. The fourth-order valence-corrected chi connectivity index (χ4v) is 2.87. The summed E-state index contributed by atoms with van der Waals surface area (Å²) in [4.78, 5) is 12.4. The van der Waals surface area contributed by atoms with Gasteiger partial charge in [-0.1, -0.05) is 36.7 Å². The largest absolute Gasteiger partial charge is 0.491 e. The molecule has 0 radical (unpaired) electrons. The third-order valence-corrected chi connectivity index (χ3v) is 4.18. The van der Waals surface area contributed by atoms with Crippen LogP contribution >= 0.6 is 11.6 Å². The minimum atomic E-state index is -0.522. The Morgan fingerprint density at radius 2 is 1.78 bits per heavy atom. The second-order valence-electron chi connectivity index (χ2n) is 6.68. The van der Waals surface area contributed by atoms with Gasteiger partial charge in [0.25, 0.3) is 5.91 Å². The van der Waals surface area contributed by atoms with Gasteiger partial charge in [-0.3, -0.25) is 4.79 Å². The van der Waals surface area contributed by atoms with E-state index in [-0.39, 0.29) is 12.0 Å². The molecule has 2 aromatic carbocycles. The highest BCUT2D eigenvalue weighted by atomic mass is 35.5. The van der Waals surface area contributed by atoms with E-state index in [0.717, 1.165) is 18.6 Å². The van der Waals surface area contributed by atoms with E-state index in [2.05, 4.69) is 17.4 Å². The number of carbonyl (C=O) groups excluding carboxylic acids is 1. The Morgan fingerprint density at radius 1 is 1.07 bits per heavy atom. The average molecular weight is 390 g/mol. The fraction of sp³-hybridized carbons (Fsp3) is 0.409. The molecular formula is C22H28ClNO3. The van der Waals surface area contributed by atoms with Gasteiger partial charge in [-0.15, -0.1) is 0 Å². The number of ether oxygens (including phenoxy) is 2. The molecule has 0 spiro atoms. The molecule has 0 saturated carbocycles. The molecule has 0 bridgehead atoms. The molecule has 1 amide bonds. The van der Waals surface area contributed by atoms with Crippen molar-refractivity contribution < 1.29 is 14.3 Å². The van der Waals surface area contributed by atoms with Crippen molar-refractivity contribution in [3.05, 3.63) is 59.1 Å². The van der Waals surface area contributed by atoms with Crippen LogP contribution in [0.2, 0.25) is 5.02 Å². The predicted octanol–water partition coefficient (Wildman–Crippen LogP) is 5.03. The van der Waals surface area contributed by atoms with Crippen LogP contribution in [0.5, 0.6) is 11.5 Å². The first-order valence-corrected chi connectivity index (χ1v) is 9.81. The third-order valence-electron chi connectivity index (χ3n) is 3.95. The summed E-state index contributed by atoms with van der Waals surface area (Å²) >= 11 is 5.96. The van der Waals surface area contributed by atoms with Crippen LogP contribution in [0.3, 0.4) is 0 Å². The number of benzene rings is 2. The number of carbonyl (C=O) groups is 1. The van der Waals surface area contributed by atoms with Gasteiger partial charge < -0.3 is 14.8 Å². The van der Waals surface area contributed by atoms with E-state index in [1.54, 1.807) is 24.3 Å². The molecule has 2 rings (SSSR count). The first kappa shape index (κ1) is 21.1. The van der Waals surface area contributed by atoms with Crippen LogP contribution in [-0.4, -0.2) is 24.7 Å². The van der Waals surface area contributed by atoms with Crippen molar-refractivity contribution in [1.29, 1.82) is 0 Å². The highest BCUT2D eigenvalue weighted by Gasteiger charge is 2.17. The highest BCUT2D eigenvalue weighted by molar-refractivity contribution is 6.30. The zero-order chi connectivity index (χ0) is 19.6. The van der Waals surface area contributed by atoms with E-state index in [1.165, 1.54) is 5.56 Å². The Labute approximate surface area is 166 Å². The Balaban J connectivity index is 1.77. The molecule has 0 heterocycles. The molecule has 1 unspecified atom stereocenters. The van der Waals surface area contributed by atoms with E-state index in [4.69, 9.17) is 21.1 Å². The minimum absolute atomic E-state index is 0.102. The molecule has 1 N–H and O–H groups in total. The lowest BCUT2D eigenvalue weighted by molar-refractivity contribution is -0.128. The monoisotopic (exact) mass is 389 g/mol. The number of nitrogens with one attached hydrogen (secondary N) is 1. The topological polar surface area (TPSA) is 47.6 Å². The summed E-state index contributed by atoms with van der Waals surface area (Å²) in [6, 6.07) is 15.2. The van der Waals surface area contributed by atoms with Crippen molar-refractivity contribution in [3.63, 3.8) is 0 Å². The van der Waals surface area contributed by atoms with Crippen molar-refractivity contribution in [2.75, 3.05) is 6.54 Å². The second kappa shape index (κ2) is 10.8. The van der Waals surface area contributed by atoms with Crippen molar-refractivity contribution in [2.24, 2.45) is 0 Å². The zero-order valence-corrected chi connectivity index (χ0v) is 17.0. The van der Waals surface area contributed by atoms with Gasteiger partial charge in [0.05, 0.1) is 6.10 Å². The smallest absolute Gasteiger partial charge is 0.261 e. The van der Waals surface area contributed by atoms with Crippen LogP contribution < -0.4 is 14.8 Å². The third kappa shape index (κ3) is 7.51. The average Bonchev–Trinajstić information content (AvgIpc) is 2.63. The van der Waals surface area contributed by atoms with Crippen LogP contribution in [0.1, 0.15) is 39.2 Å². The molecule has 4 nitrogen and oxygen atoms in total. The normalized spacial score (nSPS) is 11.9. The standard InChI is InChI=1S/C22H28ClNO3/c1-4-21(27-20-12-6-10-18(23)15-20)22(25)24-13-7-9-17-8-5-11-19(14-17)26-16(2)3/h5-6,8,10-12,14-16,21H,4,7,9,13H2,1-3H3,(H,24,25). The van der Waals surface area contributed by atoms with Gasteiger partial charge >= 0.3 is 0 Å². The summed E-state index contributed by atoms with van der Waals surface area (Å²) in [5, 5.41) is 3.55. The van der Waals surface area contributed by atoms with Gasteiger partial charge in [-0.2, -0.15) is 0 Å². The maximum absolute atomic E-state index is 12.4. The van der Waals surface area contributed by atoms with Crippen molar-refractivity contribution in [3.8, 4) is 11.5 Å². The van der Waals surface area contributed by atoms with Crippen LogP contribution in [0, 0.1) is 0 Å². The molecule has 0 fully saturated rings. The summed E-state index contributed by atoms with van der Waals surface area (Å²) in [5.41, 5.74) is 1.20. The molecule has 0 aliphatic heterocycles. The van der Waals surface area contributed by atoms with Crippen LogP contribution in [-0.2, 0) is 11.2 Å². The number of hydrogen-bond donors (Lipinski definition) is 1. The minimum Gasteiger partial charge on any atom is -0.491 e. The Hall–Kier alpha value is -2.20. The van der Waals surface area contributed by atoms with Gasteiger partial charge in [0.15, 0.2) is 6.10 Å². The first-order valence-electron chi connectivity index (χ1n) is 9.43. The van der Waals surface area contributed by atoms with E-state index in [0.29, 0.717) is 23.7 Å². The van der Waals surface area contributed by atoms with Crippen LogP contribution in [0.25, 0.3) is 0 Å². The summed E-state index contributed by atoms with van der Waals surface area (Å²) in [6.45, 7) is 6.55. The van der Waals surface area contributed by atoms with Gasteiger partial charge in [-0.05, 0) is 69.0 Å². The van der Waals surface area contributed by atoms with E-state index in [1.807, 2.05) is 32.9 Å². The van der Waals surface area contributed by atoms with Crippen LogP contribution in [0.15, 0.2) is 48.5 Å². The number of hydrogen-bond acceptors (Lipinski definition) is 3. The predicted molar refractivity (Wildman–Crippen MR) is 110 cm³/mol. The van der Waals surface area contributed by atoms with Gasteiger partial charge in [0.1, 0.15) is 11.5 Å². The lowest BCUT2D eigenvalue weighted by atomic mass is 10.1. The molecule has 1 atom stereocenters. The molecule has 0 aromatic heterocycles. The Bertz CT molecular complexity index is 733. The number of amides is 1. The summed E-state index contributed by atoms with van der Waals surface area (Å²) in [7, 11) is 0. The summed E-state index contributed by atoms with van der Waals surface area (Å²) in [6.07, 6.45) is 1.95. The Kier molecular flexibility index (Phi) is 8.46. The molecule has 2 aromatic rings. The maximum atomic E-state index is 12.4. The molecular weight excluding hydrogens is 362 g/mol. The summed E-state index contributed by atoms with van der Waals surface area (Å²) in [5.74, 6) is 1.38.